The van der Waals surface area contributed by atoms with Crippen molar-refractivity contribution in [1.29, 1.82) is 0 Å². The fourth-order valence-corrected chi connectivity index (χ4v) is 3.01. The molecule has 0 bridgehead atoms. The minimum Gasteiger partial charge on any atom is -0.396 e. The Hall–Kier alpha value is -1.02. The smallest absolute Gasteiger partial charge is 0.282 e. The zero-order valence-corrected chi connectivity index (χ0v) is 12.2. The fourth-order valence-electron chi connectivity index (χ4n) is 1.63. The third kappa shape index (κ3) is 4.54. The predicted molar refractivity (Wildman–Crippen MR) is 73.6 cm³/mol. The summed E-state index contributed by atoms with van der Waals surface area (Å²) in [6.45, 7) is 2.70. The van der Waals surface area contributed by atoms with Crippen LogP contribution in [0.3, 0.4) is 0 Å². The number of aromatic nitrogens is 1. The SMILES string of the molecule is CCN(Cc1ccccn1)S(=O)(=O)N(C)CCCO. The van der Waals surface area contributed by atoms with Crippen LogP contribution >= 0.6 is 0 Å². The molecule has 0 aliphatic heterocycles. The number of aliphatic hydroxyl groups is 1. The van der Waals surface area contributed by atoms with Crippen molar-refractivity contribution in [3.05, 3.63) is 30.1 Å². The Morgan fingerprint density at radius 1 is 1.37 bits per heavy atom. The summed E-state index contributed by atoms with van der Waals surface area (Å²) in [6.07, 6.45) is 2.07. The highest BCUT2D eigenvalue weighted by molar-refractivity contribution is 7.86. The lowest BCUT2D eigenvalue weighted by Crippen LogP contribution is -2.42. The van der Waals surface area contributed by atoms with Crippen molar-refractivity contribution in [3.8, 4) is 0 Å². The fraction of sp³-hybridized carbons (Fsp3) is 0.583. The van der Waals surface area contributed by atoms with Gasteiger partial charge in [0.05, 0.1) is 12.2 Å². The summed E-state index contributed by atoms with van der Waals surface area (Å²) in [7, 11) is -1.99. The molecule has 0 radical (unpaired) electrons. The minimum atomic E-state index is -3.51. The monoisotopic (exact) mass is 287 g/mol. The summed E-state index contributed by atoms with van der Waals surface area (Å²) in [4.78, 5) is 4.14. The number of rotatable bonds is 8. The molecule has 0 spiro atoms. The second-order valence-corrected chi connectivity index (χ2v) is 6.19. The quantitative estimate of drug-likeness (QED) is 0.754. The van der Waals surface area contributed by atoms with Crippen LogP contribution < -0.4 is 0 Å². The molecule has 7 heteroatoms. The summed E-state index contributed by atoms with van der Waals surface area (Å²) < 4.78 is 27.3. The van der Waals surface area contributed by atoms with Crippen LogP contribution in [0, 0.1) is 0 Å². The molecule has 1 aromatic rings. The van der Waals surface area contributed by atoms with Gasteiger partial charge in [-0.25, -0.2) is 0 Å². The van der Waals surface area contributed by atoms with Crippen molar-refractivity contribution in [1.82, 2.24) is 13.6 Å². The summed E-state index contributed by atoms with van der Waals surface area (Å²) in [5.41, 5.74) is 0.712. The average Bonchev–Trinajstić information content (AvgIpc) is 2.42. The van der Waals surface area contributed by atoms with E-state index in [1.54, 1.807) is 25.3 Å². The van der Waals surface area contributed by atoms with Crippen molar-refractivity contribution in [2.75, 3.05) is 26.7 Å². The second kappa shape index (κ2) is 7.54. The Morgan fingerprint density at radius 3 is 2.63 bits per heavy atom. The third-order valence-corrected chi connectivity index (χ3v) is 4.78. The first-order valence-corrected chi connectivity index (χ1v) is 7.64. The third-order valence-electron chi connectivity index (χ3n) is 2.77. The summed E-state index contributed by atoms with van der Waals surface area (Å²) in [5.74, 6) is 0. The van der Waals surface area contributed by atoms with Gasteiger partial charge in [0.15, 0.2) is 0 Å². The van der Waals surface area contributed by atoms with Crippen LogP contribution in [0.1, 0.15) is 19.0 Å². The first-order valence-electron chi connectivity index (χ1n) is 6.24. The van der Waals surface area contributed by atoms with Crippen molar-refractivity contribution < 1.29 is 13.5 Å². The zero-order chi connectivity index (χ0) is 14.3. The molecule has 0 saturated carbocycles. The molecule has 1 heterocycles. The van der Waals surface area contributed by atoms with Crippen molar-refractivity contribution in [3.63, 3.8) is 0 Å². The van der Waals surface area contributed by atoms with E-state index < -0.39 is 10.2 Å². The molecule has 0 amide bonds. The highest BCUT2D eigenvalue weighted by atomic mass is 32.2. The molecule has 0 unspecified atom stereocenters. The van der Waals surface area contributed by atoms with Gasteiger partial charge in [-0.2, -0.15) is 17.0 Å². The molecule has 1 rings (SSSR count). The van der Waals surface area contributed by atoms with Gasteiger partial charge in [-0.05, 0) is 18.6 Å². The van der Waals surface area contributed by atoms with Crippen molar-refractivity contribution in [2.24, 2.45) is 0 Å². The number of hydrogen-bond donors (Lipinski definition) is 1. The number of nitrogens with zero attached hydrogens (tertiary/aromatic N) is 3. The van der Waals surface area contributed by atoms with Crippen LogP contribution in [0.15, 0.2) is 24.4 Å². The number of hydrogen-bond acceptors (Lipinski definition) is 4. The Labute approximate surface area is 114 Å². The molecule has 108 valence electrons. The summed E-state index contributed by atoms with van der Waals surface area (Å²) in [5, 5.41) is 8.77. The summed E-state index contributed by atoms with van der Waals surface area (Å²) >= 11 is 0. The Kier molecular flexibility index (Phi) is 6.36. The van der Waals surface area contributed by atoms with Gasteiger partial charge in [-0.1, -0.05) is 13.0 Å². The Bertz CT molecular complexity index is 464. The largest absolute Gasteiger partial charge is 0.396 e. The van der Waals surface area contributed by atoms with Gasteiger partial charge < -0.3 is 5.11 Å². The van der Waals surface area contributed by atoms with Gasteiger partial charge in [-0.15, -0.1) is 0 Å². The normalized spacial score (nSPS) is 12.3. The van der Waals surface area contributed by atoms with E-state index in [4.69, 9.17) is 5.11 Å². The first-order chi connectivity index (χ1) is 9.02. The molecular weight excluding hydrogens is 266 g/mol. The predicted octanol–water partition coefficient (Wildman–Crippen LogP) is 0.462. The maximum absolute atomic E-state index is 12.3. The highest BCUT2D eigenvalue weighted by Crippen LogP contribution is 2.10. The average molecular weight is 287 g/mol. The van der Waals surface area contributed by atoms with Crippen molar-refractivity contribution in [2.45, 2.75) is 19.9 Å². The summed E-state index contributed by atoms with van der Waals surface area (Å²) in [6, 6.07) is 5.42. The van der Waals surface area contributed by atoms with E-state index in [1.165, 1.54) is 15.7 Å². The van der Waals surface area contributed by atoms with E-state index >= 15 is 0 Å². The van der Waals surface area contributed by atoms with E-state index in [1.807, 2.05) is 6.07 Å². The molecule has 0 aromatic carbocycles. The van der Waals surface area contributed by atoms with Crippen LogP contribution in [0.5, 0.6) is 0 Å². The van der Waals surface area contributed by atoms with Crippen LogP contribution in [0.2, 0.25) is 0 Å². The van der Waals surface area contributed by atoms with E-state index in [0.717, 1.165) is 0 Å². The van der Waals surface area contributed by atoms with Crippen LogP contribution in [-0.4, -0.2) is 53.9 Å². The maximum Gasteiger partial charge on any atom is 0.282 e. The lowest BCUT2D eigenvalue weighted by atomic mass is 10.3. The Morgan fingerprint density at radius 2 is 2.11 bits per heavy atom. The van der Waals surface area contributed by atoms with Crippen LogP contribution in [-0.2, 0) is 16.8 Å². The molecule has 0 aliphatic carbocycles. The highest BCUT2D eigenvalue weighted by Gasteiger charge is 2.25. The van der Waals surface area contributed by atoms with Gasteiger partial charge in [0, 0.05) is 32.9 Å². The molecule has 0 saturated heterocycles. The van der Waals surface area contributed by atoms with Crippen LogP contribution in [0.4, 0.5) is 0 Å². The second-order valence-electron chi connectivity index (χ2n) is 4.15. The molecular formula is C12H21N3O3S. The lowest BCUT2D eigenvalue weighted by Gasteiger charge is -2.26. The van der Waals surface area contributed by atoms with Gasteiger partial charge in [0.1, 0.15) is 0 Å². The van der Waals surface area contributed by atoms with Gasteiger partial charge >= 0.3 is 0 Å². The molecule has 1 aromatic heterocycles. The maximum atomic E-state index is 12.3. The standard InChI is InChI=1S/C12H21N3O3S/c1-3-15(11-12-7-4-5-8-13-12)19(17,18)14(2)9-6-10-16/h4-5,7-8,16H,3,6,9-11H2,1-2H3. The van der Waals surface area contributed by atoms with E-state index in [9.17, 15) is 8.42 Å². The van der Waals surface area contributed by atoms with Crippen molar-refractivity contribution >= 4 is 10.2 Å². The molecule has 6 nitrogen and oxygen atoms in total. The van der Waals surface area contributed by atoms with E-state index in [2.05, 4.69) is 4.98 Å². The molecule has 0 fully saturated rings. The number of aliphatic hydroxyl groups excluding tert-OH is 1. The van der Waals surface area contributed by atoms with Crippen LogP contribution in [0.25, 0.3) is 0 Å². The first kappa shape index (κ1) is 16.0. The zero-order valence-electron chi connectivity index (χ0n) is 11.4. The topological polar surface area (TPSA) is 73.7 Å². The van der Waals surface area contributed by atoms with E-state index in [0.29, 0.717) is 25.2 Å². The van der Waals surface area contributed by atoms with Gasteiger partial charge in [0.2, 0.25) is 0 Å². The molecule has 19 heavy (non-hydrogen) atoms. The number of pyridine rings is 1. The van der Waals surface area contributed by atoms with Gasteiger partial charge in [0.25, 0.3) is 10.2 Å². The minimum absolute atomic E-state index is 0.0216. The Balaban J connectivity index is 2.78. The molecule has 1 N–H and O–H groups in total. The van der Waals surface area contributed by atoms with Gasteiger partial charge in [-0.3, -0.25) is 4.98 Å². The van der Waals surface area contributed by atoms with E-state index in [-0.39, 0.29) is 13.2 Å². The molecule has 0 aliphatic rings. The molecule has 0 atom stereocenters. The lowest BCUT2D eigenvalue weighted by molar-refractivity contribution is 0.271.